The molecule has 0 radical (unpaired) electrons. The summed E-state index contributed by atoms with van der Waals surface area (Å²) < 4.78 is 11.1. The van der Waals surface area contributed by atoms with Gasteiger partial charge in [0.2, 0.25) is 0 Å². The van der Waals surface area contributed by atoms with E-state index in [4.69, 9.17) is 21.1 Å². The molecule has 2 aromatic carbocycles. The maximum atomic E-state index is 12.7. The summed E-state index contributed by atoms with van der Waals surface area (Å²) >= 11 is 6.33. The largest absolute Gasteiger partial charge is 0.493 e. The van der Waals surface area contributed by atoms with Gasteiger partial charge in [-0.2, -0.15) is 0 Å². The third-order valence-corrected chi connectivity index (χ3v) is 4.69. The average molecular weight is 405 g/mol. The molecule has 152 valence electrons. The maximum absolute atomic E-state index is 12.7. The molecule has 0 aliphatic carbocycles. The Labute approximate surface area is 172 Å². The predicted octanol–water partition coefficient (Wildman–Crippen LogP) is 4.42. The van der Waals surface area contributed by atoms with E-state index < -0.39 is 0 Å². The summed E-state index contributed by atoms with van der Waals surface area (Å²) in [5.74, 6) is 1.41. The summed E-state index contributed by atoms with van der Waals surface area (Å²) in [6.07, 6.45) is 0. The van der Waals surface area contributed by atoms with Gasteiger partial charge in [-0.3, -0.25) is 4.79 Å². The first-order valence-electron chi connectivity index (χ1n) is 9.33. The SMILES string of the molecule is COc1cc(C(=O)NCC(c2ccccc2Cl)N(C)C)ccc1OCC(C)C. The van der Waals surface area contributed by atoms with Crippen LogP contribution >= 0.6 is 11.6 Å². The number of carbonyl (C=O) groups excluding carboxylic acids is 1. The summed E-state index contributed by atoms with van der Waals surface area (Å²) in [7, 11) is 5.49. The van der Waals surface area contributed by atoms with Crippen molar-refractivity contribution in [3.05, 3.63) is 58.6 Å². The van der Waals surface area contributed by atoms with E-state index in [1.165, 1.54) is 0 Å². The van der Waals surface area contributed by atoms with Crippen LogP contribution in [0.1, 0.15) is 35.8 Å². The molecule has 0 saturated carbocycles. The summed E-state index contributed by atoms with van der Waals surface area (Å²) in [5.41, 5.74) is 1.50. The number of ether oxygens (including phenoxy) is 2. The number of hydrogen-bond donors (Lipinski definition) is 1. The normalized spacial score (nSPS) is 12.1. The molecule has 5 nitrogen and oxygen atoms in total. The van der Waals surface area contributed by atoms with E-state index in [2.05, 4.69) is 19.2 Å². The molecule has 0 heterocycles. The zero-order valence-electron chi connectivity index (χ0n) is 17.2. The van der Waals surface area contributed by atoms with Gasteiger partial charge in [-0.15, -0.1) is 0 Å². The van der Waals surface area contributed by atoms with Crippen molar-refractivity contribution in [3.8, 4) is 11.5 Å². The minimum absolute atomic E-state index is 0.0341. The van der Waals surface area contributed by atoms with Crippen LogP contribution in [-0.4, -0.2) is 45.2 Å². The fraction of sp³-hybridized carbons (Fsp3) is 0.409. The molecular weight excluding hydrogens is 376 g/mol. The van der Waals surface area contributed by atoms with E-state index in [-0.39, 0.29) is 11.9 Å². The number of halogens is 1. The number of amides is 1. The van der Waals surface area contributed by atoms with Crippen molar-refractivity contribution in [2.45, 2.75) is 19.9 Å². The first-order valence-corrected chi connectivity index (χ1v) is 9.71. The zero-order valence-corrected chi connectivity index (χ0v) is 17.9. The minimum atomic E-state index is -0.174. The van der Waals surface area contributed by atoms with Crippen LogP contribution in [-0.2, 0) is 0 Å². The van der Waals surface area contributed by atoms with Gasteiger partial charge in [0.15, 0.2) is 11.5 Å². The fourth-order valence-electron chi connectivity index (χ4n) is 2.79. The Morgan fingerprint density at radius 2 is 1.86 bits per heavy atom. The van der Waals surface area contributed by atoms with Crippen molar-refractivity contribution in [3.63, 3.8) is 0 Å². The van der Waals surface area contributed by atoms with Crippen molar-refractivity contribution in [2.24, 2.45) is 5.92 Å². The Morgan fingerprint density at radius 1 is 1.14 bits per heavy atom. The van der Waals surface area contributed by atoms with Crippen molar-refractivity contribution < 1.29 is 14.3 Å². The summed E-state index contributed by atoms with van der Waals surface area (Å²) in [4.78, 5) is 14.7. The molecule has 0 aliphatic heterocycles. The molecule has 0 fully saturated rings. The van der Waals surface area contributed by atoms with Crippen molar-refractivity contribution >= 4 is 17.5 Å². The lowest BCUT2D eigenvalue weighted by Gasteiger charge is -2.26. The van der Waals surface area contributed by atoms with E-state index in [0.29, 0.717) is 41.2 Å². The van der Waals surface area contributed by atoms with Crippen molar-refractivity contribution in [1.29, 1.82) is 0 Å². The average Bonchev–Trinajstić information content (AvgIpc) is 2.67. The molecule has 1 unspecified atom stereocenters. The molecule has 2 aromatic rings. The van der Waals surface area contributed by atoms with E-state index in [9.17, 15) is 4.79 Å². The third kappa shape index (κ3) is 5.88. The molecule has 2 rings (SSSR count). The summed E-state index contributed by atoms with van der Waals surface area (Å²) in [6, 6.07) is 12.9. The second-order valence-electron chi connectivity index (χ2n) is 7.28. The third-order valence-electron chi connectivity index (χ3n) is 4.34. The van der Waals surface area contributed by atoms with Gasteiger partial charge in [0.1, 0.15) is 0 Å². The lowest BCUT2D eigenvalue weighted by molar-refractivity contribution is 0.0941. The van der Waals surface area contributed by atoms with Crippen LogP contribution in [0.2, 0.25) is 5.02 Å². The first kappa shape index (κ1) is 22.1. The Kier molecular flexibility index (Phi) is 8.15. The van der Waals surface area contributed by atoms with Gasteiger partial charge in [0.05, 0.1) is 19.8 Å². The maximum Gasteiger partial charge on any atom is 0.251 e. The summed E-state index contributed by atoms with van der Waals surface area (Å²) in [5, 5.41) is 3.68. The van der Waals surface area contributed by atoms with Crippen LogP contribution in [0.4, 0.5) is 0 Å². The van der Waals surface area contributed by atoms with Gasteiger partial charge in [-0.25, -0.2) is 0 Å². The molecule has 0 aromatic heterocycles. The highest BCUT2D eigenvalue weighted by molar-refractivity contribution is 6.31. The second kappa shape index (κ2) is 10.3. The number of likely N-dealkylation sites (N-methyl/N-ethyl adjacent to an activating group) is 1. The molecule has 0 saturated heterocycles. The van der Waals surface area contributed by atoms with Gasteiger partial charge in [0.25, 0.3) is 5.91 Å². The highest BCUT2D eigenvalue weighted by atomic mass is 35.5. The van der Waals surface area contributed by atoms with Crippen LogP contribution in [0.15, 0.2) is 42.5 Å². The quantitative estimate of drug-likeness (QED) is 0.672. The van der Waals surface area contributed by atoms with E-state index >= 15 is 0 Å². The van der Waals surface area contributed by atoms with E-state index in [1.54, 1.807) is 25.3 Å². The number of hydrogen-bond acceptors (Lipinski definition) is 4. The molecule has 1 atom stereocenters. The molecule has 28 heavy (non-hydrogen) atoms. The van der Waals surface area contributed by atoms with Gasteiger partial charge in [-0.05, 0) is 49.8 Å². The molecule has 0 aliphatic rings. The predicted molar refractivity (Wildman–Crippen MR) is 114 cm³/mol. The first-order chi connectivity index (χ1) is 13.3. The second-order valence-corrected chi connectivity index (χ2v) is 7.69. The Balaban J connectivity index is 2.10. The molecule has 6 heteroatoms. The number of nitrogens with zero attached hydrogens (tertiary/aromatic N) is 1. The van der Waals surface area contributed by atoms with Gasteiger partial charge in [-0.1, -0.05) is 43.6 Å². The topological polar surface area (TPSA) is 50.8 Å². The monoisotopic (exact) mass is 404 g/mol. The molecule has 1 amide bonds. The van der Waals surface area contributed by atoms with Crippen molar-refractivity contribution in [2.75, 3.05) is 34.4 Å². The Hall–Kier alpha value is -2.24. The summed E-state index contributed by atoms with van der Waals surface area (Å²) in [6.45, 7) is 5.18. The van der Waals surface area contributed by atoms with Gasteiger partial charge >= 0.3 is 0 Å². The van der Waals surface area contributed by atoms with Crippen LogP contribution in [0, 0.1) is 5.92 Å². The van der Waals surface area contributed by atoms with Crippen LogP contribution in [0.3, 0.4) is 0 Å². The minimum Gasteiger partial charge on any atom is -0.493 e. The lowest BCUT2D eigenvalue weighted by Crippen LogP contribution is -2.34. The highest BCUT2D eigenvalue weighted by Crippen LogP contribution is 2.29. The lowest BCUT2D eigenvalue weighted by atomic mass is 10.1. The molecular formula is C22H29ClN2O3. The molecule has 0 bridgehead atoms. The number of carbonyl (C=O) groups is 1. The molecule has 0 spiro atoms. The zero-order chi connectivity index (χ0) is 20.7. The number of methoxy groups -OCH3 is 1. The number of benzene rings is 2. The Morgan fingerprint density at radius 3 is 2.46 bits per heavy atom. The highest BCUT2D eigenvalue weighted by Gasteiger charge is 2.19. The fourth-order valence-corrected chi connectivity index (χ4v) is 3.05. The number of nitrogens with one attached hydrogen (secondary N) is 1. The Bertz CT molecular complexity index is 793. The van der Waals surface area contributed by atoms with Gasteiger partial charge < -0.3 is 19.7 Å². The smallest absolute Gasteiger partial charge is 0.251 e. The van der Waals surface area contributed by atoms with E-state index in [0.717, 1.165) is 5.56 Å². The number of rotatable bonds is 9. The van der Waals surface area contributed by atoms with E-state index in [1.807, 2.05) is 43.3 Å². The van der Waals surface area contributed by atoms with Crippen molar-refractivity contribution in [1.82, 2.24) is 10.2 Å². The van der Waals surface area contributed by atoms with Gasteiger partial charge in [0, 0.05) is 17.1 Å². The standard InChI is InChI=1S/C22H29ClN2O3/c1-15(2)14-28-20-11-10-16(12-21(20)27-5)22(26)24-13-19(25(3)4)17-8-6-7-9-18(17)23/h6-12,15,19H,13-14H2,1-5H3,(H,24,26). The van der Waals surface area contributed by atoms with Crippen LogP contribution in [0.5, 0.6) is 11.5 Å². The van der Waals surface area contributed by atoms with Crippen LogP contribution in [0.25, 0.3) is 0 Å². The van der Waals surface area contributed by atoms with Crippen LogP contribution < -0.4 is 14.8 Å². The molecule has 1 N–H and O–H groups in total.